The molecule has 1 aliphatic heterocycles. The van der Waals surface area contributed by atoms with Crippen molar-refractivity contribution in [1.29, 1.82) is 0 Å². The van der Waals surface area contributed by atoms with E-state index in [0.29, 0.717) is 6.61 Å². The molecule has 0 unspecified atom stereocenters. The number of ether oxygens (including phenoxy) is 1. The summed E-state index contributed by atoms with van der Waals surface area (Å²) >= 11 is 0. The third kappa shape index (κ3) is 5.76. The molecule has 1 fully saturated rings. The van der Waals surface area contributed by atoms with E-state index in [9.17, 15) is 4.79 Å². The minimum absolute atomic E-state index is 0.0632. The molecule has 4 rings (SSSR count). The molecule has 0 spiro atoms. The molecule has 0 aliphatic carbocycles. The predicted molar refractivity (Wildman–Crippen MR) is 126 cm³/mol. The van der Waals surface area contributed by atoms with E-state index in [2.05, 4.69) is 36.1 Å². The second-order valence-corrected chi connectivity index (χ2v) is 7.83. The van der Waals surface area contributed by atoms with Crippen LogP contribution in [0.1, 0.15) is 16.7 Å². The topological polar surface area (TPSA) is 32.8 Å². The van der Waals surface area contributed by atoms with E-state index in [1.165, 1.54) is 11.3 Å². The van der Waals surface area contributed by atoms with Crippen molar-refractivity contribution in [1.82, 2.24) is 4.90 Å². The van der Waals surface area contributed by atoms with E-state index < -0.39 is 0 Å². The highest BCUT2D eigenvalue weighted by Crippen LogP contribution is 2.18. The van der Waals surface area contributed by atoms with Crippen LogP contribution in [-0.4, -0.2) is 37.0 Å². The number of anilines is 1. The van der Waals surface area contributed by atoms with Crippen LogP contribution < -0.4 is 9.64 Å². The molecule has 0 atom stereocenters. The maximum absolute atomic E-state index is 12.6. The van der Waals surface area contributed by atoms with Gasteiger partial charge in [0.25, 0.3) is 0 Å². The van der Waals surface area contributed by atoms with Gasteiger partial charge >= 0.3 is 0 Å². The van der Waals surface area contributed by atoms with E-state index in [1.54, 1.807) is 6.08 Å². The lowest BCUT2D eigenvalue weighted by Crippen LogP contribution is -2.48. The Hall–Kier alpha value is -3.53. The van der Waals surface area contributed by atoms with Crippen LogP contribution in [0, 0.1) is 6.92 Å². The highest BCUT2D eigenvalue weighted by Gasteiger charge is 2.19. The van der Waals surface area contributed by atoms with Crippen molar-refractivity contribution in [3.8, 4) is 5.75 Å². The fourth-order valence-electron chi connectivity index (χ4n) is 3.70. The van der Waals surface area contributed by atoms with Crippen LogP contribution in [0.25, 0.3) is 6.08 Å². The molecule has 0 N–H and O–H groups in total. The van der Waals surface area contributed by atoms with Crippen LogP contribution in [0.5, 0.6) is 5.75 Å². The summed E-state index contributed by atoms with van der Waals surface area (Å²) in [6, 6.07) is 26.4. The molecule has 1 heterocycles. The van der Waals surface area contributed by atoms with Crippen LogP contribution in [0.15, 0.2) is 84.9 Å². The zero-order valence-electron chi connectivity index (χ0n) is 17.9. The third-order valence-corrected chi connectivity index (χ3v) is 5.50. The second-order valence-electron chi connectivity index (χ2n) is 7.83. The lowest BCUT2D eigenvalue weighted by atomic mass is 10.2. The highest BCUT2D eigenvalue weighted by molar-refractivity contribution is 5.92. The van der Waals surface area contributed by atoms with Crippen LogP contribution >= 0.6 is 0 Å². The number of carbonyl (C=O) groups excluding carboxylic acids is 1. The third-order valence-electron chi connectivity index (χ3n) is 5.50. The van der Waals surface area contributed by atoms with E-state index in [0.717, 1.165) is 43.1 Å². The summed E-state index contributed by atoms with van der Waals surface area (Å²) in [4.78, 5) is 16.8. The molecular formula is C27H28N2O2. The summed E-state index contributed by atoms with van der Waals surface area (Å²) in [5.41, 5.74) is 4.62. The molecule has 0 bridgehead atoms. The maximum Gasteiger partial charge on any atom is 0.246 e. The van der Waals surface area contributed by atoms with Crippen molar-refractivity contribution in [2.24, 2.45) is 0 Å². The van der Waals surface area contributed by atoms with Crippen LogP contribution in [0.3, 0.4) is 0 Å². The largest absolute Gasteiger partial charge is 0.489 e. The SMILES string of the molecule is Cc1cccc(N2CCN(C(=O)/C=C/c3ccc(OCc4ccccc4)cc3)CC2)c1. The zero-order valence-corrected chi connectivity index (χ0v) is 17.9. The minimum Gasteiger partial charge on any atom is -0.489 e. The van der Waals surface area contributed by atoms with Crippen LogP contribution in [-0.2, 0) is 11.4 Å². The van der Waals surface area contributed by atoms with Crippen molar-refractivity contribution in [3.63, 3.8) is 0 Å². The maximum atomic E-state index is 12.6. The van der Waals surface area contributed by atoms with Gasteiger partial charge < -0.3 is 14.5 Å². The predicted octanol–water partition coefficient (Wildman–Crippen LogP) is 4.94. The standard InChI is InChI=1S/C27H28N2O2/c1-22-6-5-9-25(20-22)28-16-18-29(19-17-28)27(30)15-12-23-10-13-26(14-11-23)31-21-24-7-3-2-4-8-24/h2-15,20H,16-19,21H2,1H3/b15-12+. The quantitative estimate of drug-likeness (QED) is 0.538. The van der Waals surface area contributed by atoms with E-state index in [4.69, 9.17) is 4.74 Å². The van der Waals surface area contributed by atoms with Gasteiger partial charge in [0.15, 0.2) is 0 Å². The highest BCUT2D eigenvalue weighted by atomic mass is 16.5. The Morgan fingerprint density at radius 1 is 0.903 bits per heavy atom. The Balaban J connectivity index is 1.26. The summed E-state index contributed by atoms with van der Waals surface area (Å²) < 4.78 is 5.82. The number of piperazine rings is 1. The minimum atomic E-state index is 0.0632. The lowest BCUT2D eigenvalue weighted by Gasteiger charge is -2.35. The van der Waals surface area contributed by atoms with Gasteiger partial charge in [0.05, 0.1) is 0 Å². The van der Waals surface area contributed by atoms with Crippen molar-refractivity contribution in [3.05, 3.63) is 102 Å². The Labute approximate surface area is 184 Å². The molecule has 0 radical (unpaired) electrons. The molecule has 1 aliphatic rings. The Morgan fingerprint density at radius 2 is 1.65 bits per heavy atom. The molecule has 4 nitrogen and oxygen atoms in total. The van der Waals surface area contributed by atoms with E-state index >= 15 is 0 Å². The first-order chi connectivity index (χ1) is 15.2. The molecule has 0 aromatic heterocycles. The number of benzene rings is 3. The van der Waals surface area contributed by atoms with Gasteiger partial charge in [0.1, 0.15) is 12.4 Å². The van der Waals surface area contributed by atoms with Gasteiger partial charge in [-0.25, -0.2) is 0 Å². The summed E-state index contributed by atoms with van der Waals surface area (Å²) in [5.74, 6) is 0.882. The average molecular weight is 413 g/mol. The monoisotopic (exact) mass is 412 g/mol. The van der Waals surface area contributed by atoms with E-state index in [1.807, 2.05) is 65.6 Å². The lowest BCUT2D eigenvalue weighted by molar-refractivity contribution is -0.126. The summed E-state index contributed by atoms with van der Waals surface area (Å²) in [6.45, 7) is 5.85. The summed E-state index contributed by atoms with van der Waals surface area (Å²) in [5, 5.41) is 0. The van der Waals surface area contributed by atoms with Crippen molar-refractivity contribution in [2.45, 2.75) is 13.5 Å². The van der Waals surface area contributed by atoms with Gasteiger partial charge in [0, 0.05) is 37.9 Å². The van der Waals surface area contributed by atoms with Crippen molar-refractivity contribution in [2.75, 3.05) is 31.1 Å². The van der Waals surface area contributed by atoms with Gasteiger partial charge in [-0.3, -0.25) is 4.79 Å². The average Bonchev–Trinajstić information content (AvgIpc) is 2.82. The van der Waals surface area contributed by atoms with Crippen molar-refractivity contribution >= 4 is 17.7 Å². The number of hydrogen-bond acceptors (Lipinski definition) is 3. The molecular weight excluding hydrogens is 384 g/mol. The summed E-state index contributed by atoms with van der Waals surface area (Å²) in [7, 11) is 0. The molecule has 31 heavy (non-hydrogen) atoms. The van der Waals surface area contributed by atoms with Crippen LogP contribution in [0.4, 0.5) is 5.69 Å². The van der Waals surface area contributed by atoms with Gasteiger partial charge in [-0.1, -0.05) is 54.6 Å². The Kier molecular flexibility index (Phi) is 6.68. The second kappa shape index (κ2) is 9.98. The zero-order chi connectivity index (χ0) is 21.5. The van der Waals surface area contributed by atoms with Gasteiger partial charge in [-0.15, -0.1) is 0 Å². The number of hydrogen-bond donors (Lipinski definition) is 0. The normalized spacial score (nSPS) is 14.1. The number of aryl methyl sites for hydroxylation is 1. The molecule has 158 valence electrons. The first kappa shape index (κ1) is 20.7. The number of amides is 1. The van der Waals surface area contributed by atoms with Gasteiger partial charge in [-0.05, 0) is 54.0 Å². The molecule has 1 saturated heterocycles. The van der Waals surface area contributed by atoms with E-state index in [-0.39, 0.29) is 5.91 Å². The van der Waals surface area contributed by atoms with Crippen molar-refractivity contribution < 1.29 is 9.53 Å². The smallest absolute Gasteiger partial charge is 0.246 e. The molecule has 1 amide bonds. The number of nitrogens with zero attached hydrogens (tertiary/aromatic N) is 2. The fraction of sp³-hybridized carbons (Fsp3) is 0.222. The fourth-order valence-corrected chi connectivity index (χ4v) is 3.70. The summed E-state index contributed by atoms with van der Waals surface area (Å²) in [6.07, 6.45) is 3.54. The first-order valence-electron chi connectivity index (χ1n) is 10.7. The molecule has 4 heteroatoms. The molecule has 0 saturated carbocycles. The van der Waals surface area contributed by atoms with Gasteiger partial charge in [-0.2, -0.15) is 0 Å². The van der Waals surface area contributed by atoms with Gasteiger partial charge in [0.2, 0.25) is 5.91 Å². The first-order valence-corrected chi connectivity index (χ1v) is 10.7. The van der Waals surface area contributed by atoms with Crippen LogP contribution in [0.2, 0.25) is 0 Å². The number of rotatable bonds is 6. The number of carbonyl (C=O) groups is 1. The Bertz CT molecular complexity index is 1020. The molecule has 3 aromatic carbocycles. The molecule has 3 aromatic rings. The Morgan fingerprint density at radius 3 is 2.35 bits per heavy atom.